The molecule has 0 spiro atoms. The molecular weight excluding hydrogens is 320 g/mol. The zero-order chi connectivity index (χ0) is 18.0. The van der Waals surface area contributed by atoms with Gasteiger partial charge in [-0.1, -0.05) is 19.1 Å². The maximum atomic E-state index is 12.1. The fraction of sp³-hybridized carbons (Fsp3) is 0.389. The highest BCUT2D eigenvalue weighted by Gasteiger charge is 2.24. The van der Waals surface area contributed by atoms with Crippen molar-refractivity contribution in [2.24, 2.45) is 5.73 Å². The number of hydrogen-bond donors (Lipinski definition) is 2. The highest BCUT2D eigenvalue weighted by Crippen LogP contribution is 2.16. The van der Waals surface area contributed by atoms with Crippen LogP contribution in [0.25, 0.3) is 10.9 Å². The van der Waals surface area contributed by atoms with Crippen molar-refractivity contribution >= 4 is 22.7 Å². The van der Waals surface area contributed by atoms with Crippen LogP contribution in [0.2, 0.25) is 0 Å². The molecule has 1 fully saturated rings. The molecule has 0 unspecified atom stereocenters. The smallest absolute Gasteiger partial charge is 0.251 e. The number of amides is 2. The largest absolute Gasteiger partial charge is 0.368 e. The summed E-state index contributed by atoms with van der Waals surface area (Å²) in [4.78, 5) is 41.5. The number of rotatable bonds is 5. The minimum Gasteiger partial charge on any atom is -0.368 e. The van der Waals surface area contributed by atoms with Gasteiger partial charge in [-0.3, -0.25) is 19.3 Å². The first kappa shape index (κ1) is 17.2. The molecule has 7 heteroatoms. The Morgan fingerprint density at radius 2 is 2.04 bits per heavy atom. The van der Waals surface area contributed by atoms with Crippen molar-refractivity contribution in [3.05, 3.63) is 45.7 Å². The van der Waals surface area contributed by atoms with E-state index in [-0.39, 0.29) is 24.6 Å². The number of carbonyl (C=O) groups is 2. The summed E-state index contributed by atoms with van der Waals surface area (Å²) in [7, 11) is 0. The van der Waals surface area contributed by atoms with Crippen molar-refractivity contribution in [1.29, 1.82) is 0 Å². The van der Waals surface area contributed by atoms with E-state index in [1.54, 1.807) is 0 Å². The van der Waals surface area contributed by atoms with Crippen molar-refractivity contribution in [1.82, 2.24) is 14.8 Å². The van der Waals surface area contributed by atoms with E-state index in [4.69, 9.17) is 5.73 Å². The number of carbonyl (C=O) groups excluding carboxylic acids is 2. The number of pyridine rings is 1. The second kappa shape index (κ2) is 7.06. The van der Waals surface area contributed by atoms with Gasteiger partial charge in [0.2, 0.25) is 11.8 Å². The molecule has 132 valence electrons. The molecular formula is C18H22N4O3. The van der Waals surface area contributed by atoms with Crippen LogP contribution in [-0.2, 0) is 22.6 Å². The van der Waals surface area contributed by atoms with Crippen LogP contribution in [0.1, 0.15) is 18.1 Å². The number of primary amides is 1. The van der Waals surface area contributed by atoms with E-state index in [9.17, 15) is 14.4 Å². The molecule has 0 saturated carbocycles. The number of piperazine rings is 1. The molecule has 7 nitrogen and oxygen atoms in total. The molecule has 0 aliphatic carbocycles. The van der Waals surface area contributed by atoms with Crippen molar-refractivity contribution < 1.29 is 9.59 Å². The van der Waals surface area contributed by atoms with Gasteiger partial charge in [-0.05, 0) is 29.5 Å². The van der Waals surface area contributed by atoms with Crippen molar-refractivity contribution in [3.8, 4) is 0 Å². The molecule has 2 heterocycles. The summed E-state index contributed by atoms with van der Waals surface area (Å²) in [5.41, 5.74) is 7.71. The molecule has 1 aliphatic heterocycles. The van der Waals surface area contributed by atoms with E-state index in [0.29, 0.717) is 26.1 Å². The predicted molar refractivity (Wildman–Crippen MR) is 95.0 cm³/mol. The normalized spacial score (nSPS) is 15.7. The van der Waals surface area contributed by atoms with Crippen LogP contribution in [0, 0.1) is 0 Å². The number of aryl methyl sites for hydroxylation is 1. The lowest BCUT2D eigenvalue weighted by Gasteiger charge is -2.33. The van der Waals surface area contributed by atoms with Crippen LogP contribution >= 0.6 is 0 Å². The van der Waals surface area contributed by atoms with Gasteiger partial charge >= 0.3 is 0 Å². The maximum absolute atomic E-state index is 12.1. The van der Waals surface area contributed by atoms with Gasteiger partial charge in [0, 0.05) is 30.7 Å². The zero-order valence-corrected chi connectivity index (χ0v) is 14.2. The Kier molecular flexibility index (Phi) is 4.85. The quantitative estimate of drug-likeness (QED) is 0.812. The Labute approximate surface area is 145 Å². The van der Waals surface area contributed by atoms with Crippen LogP contribution in [0.3, 0.4) is 0 Å². The summed E-state index contributed by atoms with van der Waals surface area (Å²) in [5.74, 6) is -0.585. The van der Waals surface area contributed by atoms with Gasteiger partial charge in [-0.25, -0.2) is 0 Å². The van der Waals surface area contributed by atoms with Gasteiger partial charge in [0.05, 0.1) is 13.1 Å². The van der Waals surface area contributed by atoms with E-state index in [2.05, 4.69) is 4.98 Å². The Balaban J connectivity index is 1.72. The van der Waals surface area contributed by atoms with Crippen molar-refractivity contribution in [2.75, 3.05) is 26.2 Å². The fourth-order valence-corrected chi connectivity index (χ4v) is 3.16. The van der Waals surface area contributed by atoms with Gasteiger partial charge in [0.15, 0.2) is 0 Å². The number of benzene rings is 1. The standard InChI is InChI=1S/C18H22N4O3/c1-2-13-8-14-4-3-12(7-15(14)20-18(13)25)9-21-5-6-22(10-16(19)23)17(24)11-21/h3-4,7-8H,2,5-6,9-11H2,1H3,(H2,19,23)(H,20,25). The topological polar surface area (TPSA) is 99.5 Å². The molecule has 0 radical (unpaired) electrons. The lowest BCUT2D eigenvalue weighted by Crippen LogP contribution is -2.52. The summed E-state index contributed by atoms with van der Waals surface area (Å²) < 4.78 is 0. The Morgan fingerprint density at radius 3 is 2.72 bits per heavy atom. The number of nitrogens with one attached hydrogen (secondary N) is 1. The minimum absolute atomic E-state index is 0.0242. The summed E-state index contributed by atoms with van der Waals surface area (Å²) in [6.45, 7) is 3.98. The van der Waals surface area contributed by atoms with E-state index in [0.717, 1.165) is 22.0 Å². The summed E-state index contributed by atoms with van der Waals surface area (Å²) in [6.07, 6.45) is 0.699. The maximum Gasteiger partial charge on any atom is 0.251 e. The second-order valence-electron chi connectivity index (χ2n) is 6.39. The van der Waals surface area contributed by atoms with Gasteiger partial charge in [0.25, 0.3) is 5.56 Å². The summed E-state index contributed by atoms with van der Waals surface area (Å²) >= 11 is 0. The fourth-order valence-electron chi connectivity index (χ4n) is 3.16. The minimum atomic E-state index is -0.494. The van der Waals surface area contributed by atoms with Crippen molar-refractivity contribution in [3.63, 3.8) is 0 Å². The molecule has 25 heavy (non-hydrogen) atoms. The molecule has 1 aliphatic rings. The third-order valence-electron chi connectivity index (χ3n) is 4.52. The lowest BCUT2D eigenvalue weighted by molar-refractivity contribution is -0.139. The average Bonchev–Trinajstić information content (AvgIpc) is 2.56. The number of aromatic nitrogens is 1. The molecule has 2 amide bonds. The number of aromatic amines is 1. The summed E-state index contributed by atoms with van der Waals surface area (Å²) in [5, 5.41) is 1.00. The first-order chi connectivity index (χ1) is 12.0. The number of hydrogen-bond acceptors (Lipinski definition) is 4. The molecule has 0 bridgehead atoms. The van der Waals surface area contributed by atoms with E-state index < -0.39 is 5.91 Å². The molecule has 1 aromatic heterocycles. The second-order valence-corrected chi connectivity index (χ2v) is 6.39. The van der Waals surface area contributed by atoms with Gasteiger partial charge < -0.3 is 15.6 Å². The molecule has 1 saturated heterocycles. The highest BCUT2D eigenvalue weighted by atomic mass is 16.2. The number of H-pyrrole nitrogens is 1. The first-order valence-electron chi connectivity index (χ1n) is 8.39. The van der Waals surface area contributed by atoms with Crippen LogP contribution < -0.4 is 11.3 Å². The zero-order valence-electron chi connectivity index (χ0n) is 14.2. The van der Waals surface area contributed by atoms with Crippen LogP contribution in [-0.4, -0.2) is 52.8 Å². The molecule has 0 atom stereocenters. The molecule has 1 aromatic carbocycles. The van der Waals surface area contributed by atoms with E-state index in [1.807, 2.05) is 36.1 Å². The number of nitrogens with two attached hydrogens (primary N) is 1. The molecule has 2 aromatic rings. The Hall–Kier alpha value is -2.67. The highest BCUT2D eigenvalue weighted by molar-refractivity contribution is 5.85. The van der Waals surface area contributed by atoms with Gasteiger partial charge in [-0.2, -0.15) is 0 Å². The monoisotopic (exact) mass is 342 g/mol. The molecule has 3 rings (SSSR count). The van der Waals surface area contributed by atoms with E-state index >= 15 is 0 Å². The number of nitrogens with zero attached hydrogens (tertiary/aromatic N) is 2. The first-order valence-corrected chi connectivity index (χ1v) is 8.39. The Bertz CT molecular complexity index is 874. The average molecular weight is 342 g/mol. The van der Waals surface area contributed by atoms with Crippen molar-refractivity contribution in [2.45, 2.75) is 19.9 Å². The number of fused-ring (bicyclic) bond motifs is 1. The lowest BCUT2D eigenvalue weighted by atomic mass is 10.1. The molecule has 3 N–H and O–H groups in total. The van der Waals surface area contributed by atoms with Gasteiger partial charge in [0.1, 0.15) is 0 Å². The van der Waals surface area contributed by atoms with Crippen LogP contribution in [0.5, 0.6) is 0 Å². The third kappa shape index (κ3) is 3.88. The van der Waals surface area contributed by atoms with Crippen LogP contribution in [0.4, 0.5) is 0 Å². The summed E-state index contributed by atoms with van der Waals surface area (Å²) in [6, 6.07) is 7.88. The van der Waals surface area contributed by atoms with Gasteiger partial charge in [-0.15, -0.1) is 0 Å². The Morgan fingerprint density at radius 1 is 1.24 bits per heavy atom. The van der Waals surface area contributed by atoms with E-state index in [1.165, 1.54) is 4.90 Å². The third-order valence-corrected chi connectivity index (χ3v) is 4.52. The SMILES string of the molecule is CCc1cc2ccc(CN3CCN(CC(N)=O)C(=O)C3)cc2[nH]c1=O. The predicted octanol–water partition coefficient (Wildman–Crippen LogP) is 0.220. The van der Waals surface area contributed by atoms with Crippen LogP contribution in [0.15, 0.2) is 29.1 Å².